The van der Waals surface area contributed by atoms with Crippen LogP contribution >= 0.6 is 23.4 Å². The molecule has 0 bridgehead atoms. The molecule has 7 rings (SSSR count). The molecular weight excluding hydrogens is 584 g/mol. The zero-order valence-corrected chi connectivity index (χ0v) is 24.8. The Morgan fingerprint density at radius 2 is 1.77 bits per heavy atom. The summed E-state index contributed by atoms with van der Waals surface area (Å²) in [5.41, 5.74) is 4.92. The second kappa shape index (κ2) is 10.9. The van der Waals surface area contributed by atoms with Crippen LogP contribution in [0.5, 0.6) is 0 Å². The normalized spacial score (nSPS) is 15.0. The van der Waals surface area contributed by atoms with Gasteiger partial charge in [-0.2, -0.15) is 5.10 Å². The van der Waals surface area contributed by atoms with Gasteiger partial charge in [-0.15, -0.1) is 10.2 Å². The fraction of sp³-hybridized carbons (Fsp3) is 0.156. The van der Waals surface area contributed by atoms with Crippen LogP contribution in [-0.2, 0) is 4.79 Å². The van der Waals surface area contributed by atoms with Gasteiger partial charge in [0.2, 0.25) is 5.78 Å². The van der Waals surface area contributed by atoms with E-state index in [0.717, 1.165) is 22.4 Å². The molecule has 0 aliphatic carbocycles. The lowest BCUT2D eigenvalue weighted by atomic mass is 10.0. The Kier molecular flexibility index (Phi) is 6.87. The van der Waals surface area contributed by atoms with Gasteiger partial charge in [0.05, 0.1) is 34.3 Å². The number of furan rings is 1. The van der Waals surface area contributed by atoms with E-state index in [0.29, 0.717) is 44.7 Å². The Hall–Kier alpha value is -4.67. The van der Waals surface area contributed by atoms with Crippen LogP contribution < -0.4 is 5.56 Å². The van der Waals surface area contributed by atoms with Gasteiger partial charge in [0.1, 0.15) is 11.8 Å². The summed E-state index contributed by atoms with van der Waals surface area (Å²) >= 11 is 7.33. The van der Waals surface area contributed by atoms with Gasteiger partial charge in [0, 0.05) is 11.4 Å². The number of para-hydroxylation sites is 1. The number of hydrogen-bond donors (Lipinski definition) is 0. The lowest BCUT2D eigenvalue weighted by Gasteiger charge is -2.19. The number of hydrazone groups is 1. The zero-order valence-electron chi connectivity index (χ0n) is 23.3. The number of hydrogen-bond acceptors (Lipinski definition) is 7. The first-order valence-electron chi connectivity index (χ1n) is 13.7. The molecule has 1 unspecified atom stereocenters. The Morgan fingerprint density at radius 1 is 1.00 bits per heavy atom. The van der Waals surface area contributed by atoms with E-state index in [1.807, 2.05) is 66.8 Å². The van der Waals surface area contributed by atoms with E-state index in [2.05, 4.69) is 16.3 Å². The molecule has 214 valence electrons. The fourth-order valence-electron chi connectivity index (χ4n) is 5.54. The first kappa shape index (κ1) is 27.2. The molecule has 0 fully saturated rings. The zero-order chi connectivity index (χ0) is 29.7. The molecule has 0 saturated heterocycles. The molecule has 4 heterocycles. The largest absolute Gasteiger partial charge is 0.467 e. The van der Waals surface area contributed by atoms with E-state index in [9.17, 15) is 9.59 Å². The average molecular weight is 609 g/mol. The summed E-state index contributed by atoms with van der Waals surface area (Å²) in [5, 5.41) is 16.7. The van der Waals surface area contributed by atoms with Crippen LogP contribution in [0.15, 0.2) is 105 Å². The summed E-state index contributed by atoms with van der Waals surface area (Å²) < 4.78 is 9.10. The third-order valence-electron chi connectivity index (χ3n) is 7.40. The molecular formula is C32H25ClN6O3S. The Labute approximate surface area is 255 Å². The third-order valence-corrected chi connectivity index (χ3v) is 8.56. The van der Waals surface area contributed by atoms with E-state index in [-0.39, 0.29) is 23.3 Å². The van der Waals surface area contributed by atoms with Gasteiger partial charge in [-0.3, -0.25) is 14.0 Å². The lowest BCUT2D eigenvalue weighted by molar-refractivity contribution is -0.130. The third kappa shape index (κ3) is 4.92. The number of nitrogens with zero attached hydrogens (tertiary/aromatic N) is 6. The average Bonchev–Trinajstić information content (AvgIpc) is 3.76. The number of benzene rings is 3. The maximum absolute atomic E-state index is 13.7. The minimum atomic E-state index is -0.375. The van der Waals surface area contributed by atoms with Crippen molar-refractivity contribution >= 4 is 51.7 Å². The van der Waals surface area contributed by atoms with Gasteiger partial charge in [-0.05, 0) is 79.1 Å². The Morgan fingerprint density at radius 3 is 2.51 bits per heavy atom. The van der Waals surface area contributed by atoms with Crippen molar-refractivity contribution in [2.45, 2.75) is 31.5 Å². The molecule has 1 atom stereocenters. The summed E-state index contributed by atoms with van der Waals surface area (Å²) in [6, 6.07) is 24.0. The van der Waals surface area contributed by atoms with Crippen LogP contribution in [0.4, 0.5) is 0 Å². The summed E-state index contributed by atoms with van der Waals surface area (Å²) in [6.45, 7) is 3.98. The van der Waals surface area contributed by atoms with Crippen molar-refractivity contribution in [3.63, 3.8) is 0 Å². The smallest absolute Gasteiger partial charge is 0.267 e. The monoisotopic (exact) mass is 608 g/mol. The minimum absolute atomic E-state index is 0.0480. The van der Waals surface area contributed by atoms with Crippen molar-refractivity contribution < 1.29 is 9.21 Å². The van der Waals surface area contributed by atoms with E-state index in [4.69, 9.17) is 21.1 Å². The molecule has 0 radical (unpaired) electrons. The number of carbonyl (C=O) groups is 1. The van der Waals surface area contributed by atoms with Gasteiger partial charge in [-0.25, -0.2) is 9.58 Å². The molecule has 11 heteroatoms. The first-order chi connectivity index (χ1) is 20.9. The number of thioether (sulfide) groups is 1. The van der Waals surface area contributed by atoms with Crippen molar-refractivity contribution in [2.24, 2.45) is 5.10 Å². The van der Waals surface area contributed by atoms with Crippen LogP contribution in [0, 0.1) is 13.8 Å². The molecule has 0 spiro atoms. The Bertz CT molecular complexity index is 2080. The summed E-state index contributed by atoms with van der Waals surface area (Å²) in [5.74, 6) is 0.870. The van der Waals surface area contributed by atoms with Crippen molar-refractivity contribution in [1.29, 1.82) is 0 Å². The molecule has 43 heavy (non-hydrogen) atoms. The molecule has 6 aromatic rings. The van der Waals surface area contributed by atoms with Crippen LogP contribution in [0.25, 0.3) is 22.4 Å². The van der Waals surface area contributed by atoms with E-state index < -0.39 is 0 Å². The summed E-state index contributed by atoms with van der Waals surface area (Å²) in [4.78, 5) is 27.4. The number of amides is 1. The maximum Gasteiger partial charge on any atom is 0.267 e. The summed E-state index contributed by atoms with van der Waals surface area (Å²) in [7, 11) is 0. The topological polar surface area (TPSA) is 98.0 Å². The fourth-order valence-corrected chi connectivity index (χ4v) is 6.46. The molecule has 3 aromatic heterocycles. The highest BCUT2D eigenvalue weighted by atomic mass is 35.5. The standard InChI is InChI=1S/C32H25ClN6O3S/c1-19-14-20(2)16-23(15-19)37-30(41)24-6-3-4-7-26(24)38-31(37)34-35-32(38)43-18-29(40)39-27(28-8-5-13-42-28)17-25(36-39)21-9-11-22(33)12-10-21/h3-16,27H,17-18H2,1-2H3. The van der Waals surface area contributed by atoms with Crippen molar-refractivity contribution in [3.8, 4) is 5.69 Å². The highest BCUT2D eigenvalue weighted by Gasteiger charge is 2.35. The lowest BCUT2D eigenvalue weighted by Crippen LogP contribution is -2.28. The number of rotatable bonds is 6. The van der Waals surface area contributed by atoms with Crippen LogP contribution in [0.3, 0.4) is 0 Å². The maximum atomic E-state index is 13.7. The van der Waals surface area contributed by atoms with E-state index >= 15 is 0 Å². The minimum Gasteiger partial charge on any atom is -0.467 e. The number of aryl methyl sites for hydroxylation is 2. The first-order valence-corrected chi connectivity index (χ1v) is 15.0. The van der Waals surface area contributed by atoms with Crippen LogP contribution in [0.1, 0.15) is 34.9 Å². The number of carbonyl (C=O) groups excluding carboxylic acids is 1. The quantitative estimate of drug-likeness (QED) is 0.204. The van der Waals surface area contributed by atoms with Gasteiger partial charge < -0.3 is 4.42 Å². The van der Waals surface area contributed by atoms with E-state index in [1.54, 1.807) is 35.1 Å². The van der Waals surface area contributed by atoms with Gasteiger partial charge in [0.25, 0.3) is 11.5 Å². The predicted molar refractivity (Wildman–Crippen MR) is 167 cm³/mol. The molecule has 0 N–H and O–H groups in total. The molecule has 1 aliphatic heterocycles. The number of aromatic nitrogens is 4. The molecule has 9 nitrogen and oxygen atoms in total. The molecule has 1 aliphatic rings. The second-order valence-corrected chi connectivity index (χ2v) is 11.8. The number of halogens is 1. The molecule has 3 aromatic carbocycles. The molecule has 0 saturated carbocycles. The predicted octanol–water partition coefficient (Wildman–Crippen LogP) is 6.37. The van der Waals surface area contributed by atoms with Crippen molar-refractivity contribution in [3.05, 3.63) is 123 Å². The van der Waals surface area contributed by atoms with Gasteiger partial charge in [0.15, 0.2) is 5.16 Å². The van der Waals surface area contributed by atoms with Crippen LogP contribution in [0.2, 0.25) is 5.02 Å². The second-order valence-electron chi connectivity index (χ2n) is 10.4. The molecule has 1 amide bonds. The number of fused-ring (bicyclic) bond motifs is 3. The Balaban J connectivity index is 1.26. The SMILES string of the molecule is Cc1cc(C)cc(-n2c(=O)c3ccccc3n3c(SCC(=O)N4N=C(c5ccc(Cl)cc5)CC4c4ccco4)nnc23)c1. The van der Waals surface area contributed by atoms with Crippen molar-refractivity contribution in [2.75, 3.05) is 5.75 Å². The summed E-state index contributed by atoms with van der Waals surface area (Å²) in [6.07, 6.45) is 2.10. The van der Waals surface area contributed by atoms with Crippen molar-refractivity contribution in [1.82, 2.24) is 24.2 Å². The highest BCUT2D eigenvalue weighted by Crippen LogP contribution is 2.34. The van der Waals surface area contributed by atoms with E-state index in [1.165, 1.54) is 16.8 Å². The van der Waals surface area contributed by atoms with Crippen LogP contribution in [-0.4, -0.2) is 41.5 Å². The van der Waals surface area contributed by atoms with Gasteiger partial charge >= 0.3 is 0 Å². The highest BCUT2D eigenvalue weighted by molar-refractivity contribution is 7.99. The van der Waals surface area contributed by atoms with Gasteiger partial charge in [-0.1, -0.05) is 53.7 Å².